The van der Waals surface area contributed by atoms with Crippen LogP contribution >= 0.6 is 0 Å². The Morgan fingerprint density at radius 3 is 2.19 bits per heavy atom. The lowest BCUT2D eigenvalue weighted by atomic mass is 10.2. The molecule has 3 aliphatic heterocycles. The van der Waals surface area contributed by atoms with E-state index in [2.05, 4.69) is 15.1 Å². The zero-order valence-electron chi connectivity index (χ0n) is 15.8. The van der Waals surface area contributed by atoms with E-state index in [1.165, 1.54) is 17.7 Å². The maximum absolute atomic E-state index is 12.5. The number of likely N-dealkylation sites (tertiary alicyclic amines) is 1. The summed E-state index contributed by atoms with van der Waals surface area (Å²) in [7, 11) is 0. The lowest BCUT2D eigenvalue weighted by molar-refractivity contribution is -0.136. The summed E-state index contributed by atoms with van der Waals surface area (Å²) in [5.74, 6) is 0.104. The fourth-order valence-electron chi connectivity index (χ4n) is 3.98. The van der Waals surface area contributed by atoms with E-state index in [1.807, 2.05) is 11.8 Å². The summed E-state index contributed by atoms with van der Waals surface area (Å²) in [6.07, 6.45) is 4.68. The molecule has 3 fully saturated rings. The summed E-state index contributed by atoms with van der Waals surface area (Å²) in [4.78, 5) is 44.3. The number of nitrogens with zero attached hydrogens (tertiary/aromatic N) is 4. The molecule has 0 spiro atoms. The largest absolute Gasteiger partial charge is 0.342 e. The second-order valence-corrected chi connectivity index (χ2v) is 7.50. The van der Waals surface area contributed by atoms with Crippen molar-refractivity contribution in [2.24, 2.45) is 0 Å². The molecule has 1 N–H and O–H groups in total. The van der Waals surface area contributed by atoms with E-state index < -0.39 is 0 Å². The number of rotatable bonds is 4. The zero-order valence-corrected chi connectivity index (χ0v) is 15.8. The first-order chi connectivity index (χ1) is 12.6. The van der Waals surface area contributed by atoms with Crippen LogP contribution in [-0.4, -0.2) is 102 Å². The Balaban J connectivity index is 1.44. The maximum atomic E-state index is 12.5. The van der Waals surface area contributed by atoms with Crippen molar-refractivity contribution in [3.05, 3.63) is 0 Å². The smallest absolute Gasteiger partial charge is 0.324 e. The molecule has 8 nitrogen and oxygen atoms in total. The molecule has 8 heteroatoms. The lowest BCUT2D eigenvalue weighted by Crippen LogP contribution is -2.56. The van der Waals surface area contributed by atoms with Crippen molar-refractivity contribution in [3.63, 3.8) is 0 Å². The van der Waals surface area contributed by atoms with Gasteiger partial charge in [-0.1, -0.05) is 12.8 Å². The van der Waals surface area contributed by atoms with Crippen LogP contribution in [0, 0.1) is 0 Å². The monoisotopic (exact) mass is 365 g/mol. The molecule has 3 aliphatic rings. The average molecular weight is 365 g/mol. The SMILES string of the molecule is C[C@@H](C(=O)N1CCNC1=O)N1CCN(CC(=O)N2CCCCCC2)CC1. The number of piperazine rings is 1. The van der Waals surface area contributed by atoms with Gasteiger partial charge in [-0.15, -0.1) is 0 Å². The maximum Gasteiger partial charge on any atom is 0.324 e. The van der Waals surface area contributed by atoms with Crippen LogP contribution in [0.5, 0.6) is 0 Å². The van der Waals surface area contributed by atoms with Gasteiger partial charge in [-0.3, -0.25) is 24.3 Å². The molecule has 26 heavy (non-hydrogen) atoms. The minimum Gasteiger partial charge on any atom is -0.342 e. The van der Waals surface area contributed by atoms with Gasteiger partial charge < -0.3 is 10.2 Å². The highest BCUT2D eigenvalue weighted by atomic mass is 16.2. The predicted molar refractivity (Wildman–Crippen MR) is 97.6 cm³/mol. The third kappa shape index (κ3) is 4.54. The van der Waals surface area contributed by atoms with E-state index in [-0.39, 0.29) is 23.9 Å². The summed E-state index contributed by atoms with van der Waals surface area (Å²) < 4.78 is 0. The Bertz CT molecular complexity index is 525. The van der Waals surface area contributed by atoms with Gasteiger partial charge in [0.15, 0.2) is 0 Å². The molecule has 146 valence electrons. The topological polar surface area (TPSA) is 76.2 Å². The van der Waals surface area contributed by atoms with Gasteiger partial charge in [-0.05, 0) is 19.8 Å². The van der Waals surface area contributed by atoms with Crippen LogP contribution in [0.1, 0.15) is 32.6 Å². The molecule has 0 bridgehead atoms. The van der Waals surface area contributed by atoms with E-state index in [0.29, 0.717) is 19.6 Å². The van der Waals surface area contributed by atoms with E-state index in [9.17, 15) is 14.4 Å². The minimum atomic E-state index is -0.303. The summed E-state index contributed by atoms with van der Waals surface area (Å²) >= 11 is 0. The predicted octanol–water partition coefficient (Wildman–Crippen LogP) is -0.0531. The van der Waals surface area contributed by atoms with Gasteiger partial charge >= 0.3 is 6.03 Å². The molecule has 0 radical (unpaired) electrons. The van der Waals surface area contributed by atoms with Crippen molar-refractivity contribution in [1.29, 1.82) is 0 Å². The summed E-state index contributed by atoms with van der Waals surface area (Å²) in [6.45, 7) is 8.16. The number of nitrogens with one attached hydrogen (secondary N) is 1. The molecule has 0 aromatic heterocycles. The number of imide groups is 1. The van der Waals surface area contributed by atoms with Crippen molar-refractivity contribution in [1.82, 2.24) is 24.9 Å². The molecule has 3 heterocycles. The van der Waals surface area contributed by atoms with Crippen molar-refractivity contribution in [3.8, 4) is 0 Å². The van der Waals surface area contributed by atoms with Gasteiger partial charge in [0.25, 0.3) is 0 Å². The number of hydrogen-bond acceptors (Lipinski definition) is 5. The van der Waals surface area contributed by atoms with Crippen LogP contribution in [0.25, 0.3) is 0 Å². The van der Waals surface area contributed by atoms with Crippen LogP contribution in [-0.2, 0) is 9.59 Å². The molecule has 1 atom stereocenters. The fraction of sp³-hybridized carbons (Fsp3) is 0.833. The van der Waals surface area contributed by atoms with Crippen LogP contribution in [0.2, 0.25) is 0 Å². The summed E-state index contributed by atoms with van der Waals surface area (Å²) in [5.41, 5.74) is 0. The first kappa shape index (κ1) is 19.1. The molecule has 3 rings (SSSR count). The number of carbonyl (C=O) groups is 3. The standard InChI is InChI=1S/C18H31N5O3/c1-15(17(25)23-9-6-19-18(23)26)21-12-10-20(11-13-21)14-16(24)22-7-4-2-3-5-8-22/h15H,2-14H2,1H3,(H,19,26)/t15-/m0/s1. The Labute approximate surface area is 155 Å². The first-order valence-corrected chi connectivity index (χ1v) is 9.89. The Morgan fingerprint density at radius 1 is 0.962 bits per heavy atom. The molecule has 0 aliphatic carbocycles. The zero-order chi connectivity index (χ0) is 18.5. The summed E-state index contributed by atoms with van der Waals surface area (Å²) in [5, 5.41) is 2.67. The van der Waals surface area contributed by atoms with Crippen LogP contribution < -0.4 is 5.32 Å². The quantitative estimate of drug-likeness (QED) is 0.756. The number of urea groups is 1. The number of amides is 4. The fourth-order valence-corrected chi connectivity index (χ4v) is 3.98. The van der Waals surface area contributed by atoms with Crippen molar-refractivity contribution in [2.45, 2.75) is 38.6 Å². The highest BCUT2D eigenvalue weighted by molar-refractivity contribution is 5.98. The molecule has 0 aromatic rings. The van der Waals surface area contributed by atoms with Gasteiger partial charge in [0.05, 0.1) is 12.6 Å². The lowest BCUT2D eigenvalue weighted by Gasteiger charge is -2.38. The van der Waals surface area contributed by atoms with Crippen molar-refractivity contribution < 1.29 is 14.4 Å². The van der Waals surface area contributed by atoms with Gasteiger partial charge in [0.2, 0.25) is 11.8 Å². The van der Waals surface area contributed by atoms with E-state index in [1.54, 1.807) is 0 Å². The van der Waals surface area contributed by atoms with Gasteiger partial charge in [-0.25, -0.2) is 4.79 Å². The molecular weight excluding hydrogens is 334 g/mol. The van der Waals surface area contributed by atoms with E-state index in [0.717, 1.165) is 52.1 Å². The summed E-state index contributed by atoms with van der Waals surface area (Å²) in [6, 6.07) is -0.592. The van der Waals surface area contributed by atoms with Crippen molar-refractivity contribution in [2.75, 3.05) is 58.9 Å². The average Bonchev–Trinajstić information content (AvgIpc) is 2.90. The molecular formula is C18H31N5O3. The highest BCUT2D eigenvalue weighted by Gasteiger charge is 2.34. The Morgan fingerprint density at radius 2 is 1.62 bits per heavy atom. The molecule has 4 amide bonds. The van der Waals surface area contributed by atoms with Crippen LogP contribution in [0.3, 0.4) is 0 Å². The van der Waals surface area contributed by atoms with Gasteiger partial charge in [0, 0.05) is 52.4 Å². The van der Waals surface area contributed by atoms with Gasteiger partial charge in [-0.2, -0.15) is 0 Å². The minimum absolute atomic E-state index is 0.130. The molecule has 0 unspecified atom stereocenters. The normalized spacial score (nSPS) is 24.3. The van der Waals surface area contributed by atoms with Crippen molar-refractivity contribution >= 4 is 17.8 Å². The number of hydrogen-bond donors (Lipinski definition) is 1. The molecule has 3 saturated heterocycles. The third-order valence-electron chi connectivity index (χ3n) is 5.75. The van der Waals surface area contributed by atoms with Gasteiger partial charge in [0.1, 0.15) is 0 Å². The van der Waals surface area contributed by atoms with E-state index >= 15 is 0 Å². The Kier molecular flexibility index (Phi) is 6.48. The van der Waals surface area contributed by atoms with Crippen LogP contribution in [0.4, 0.5) is 4.79 Å². The van der Waals surface area contributed by atoms with Crippen LogP contribution in [0.15, 0.2) is 0 Å². The number of carbonyl (C=O) groups excluding carboxylic acids is 3. The second kappa shape index (κ2) is 8.81. The highest BCUT2D eigenvalue weighted by Crippen LogP contribution is 2.13. The molecule has 0 aromatic carbocycles. The van der Waals surface area contributed by atoms with E-state index in [4.69, 9.17) is 0 Å². The Hall–Kier alpha value is -1.67. The second-order valence-electron chi connectivity index (χ2n) is 7.50. The molecule has 0 saturated carbocycles. The first-order valence-electron chi connectivity index (χ1n) is 9.89. The third-order valence-corrected chi connectivity index (χ3v) is 5.75.